The number of carbonyl (C=O) groups excluding carboxylic acids is 4. The molecule has 0 aromatic heterocycles. The Morgan fingerprint density at radius 2 is 1.63 bits per heavy atom. The van der Waals surface area contributed by atoms with Crippen LogP contribution in [-0.4, -0.2) is 82.0 Å². The number of rotatable bonds is 12. The normalized spacial score (nSPS) is 16.1. The highest BCUT2D eigenvalue weighted by molar-refractivity contribution is 7.93. The lowest BCUT2D eigenvalue weighted by Crippen LogP contribution is -2.60. The zero-order valence-electron chi connectivity index (χ0n) is 30.2. The summed E-state index contributed by atoms with van der Waals surface area (Å²) in [6.45, 7) is 23.7. The minimum atomic E-state index is -1.70. The number of nitrogens with one attached hydrogen (secondary N) is 3. The van der Waals surface area contributed by atoms with E-state index in [0.29, 0.717) is 24.8 Å². The second-order valence-electron chi connectivity index (χ2n) is 12.3. The van der Waals surface area contributed by atoms with E-state index in [1.54, 1.807) is 20.2 Å². The Balaban J connectivity index is -0.000000379. The molecule has 4 unspecified atom stereocenters. The van der Waals surface area contributed by atoms with Crippen molar-refractivity contribution in [2.24, 2.45) is 17.3 Å². The van der Waals surface area contributed by atoms with Crippen LogP contribution in [0.3, 0.4) is 0 Å². The molecule has 0 aromatic rings. The third-order valence-corrected chi connectivity index (χ3v) is 5.73. The number of hydrogen-bond acceptors (Lipinski definition) is 9. The van der Waals surface area contributed by atoms with Crippen LogP contribution in [0.5, 0.6) is 0 Å². The third kappa shape index (κ3) is 32.8. The Kier molecular flexibility index (Phi) is 33.8. The van der Waals surface area contributed by atoms with Crippen molar-refractivity contribution in [3.63, 3.8) is 0 Å². The Morgan fingerprint density at radius 1 is 1.13 bits per heavy atom. The number of amides is 2. The molecule has 0 saturated carbocycles. The summed E-state index contributed by atoms with van der Waals surface area (Å²) in [7, 11) is 1.69. The van der Waals surface area contributed by atoms with Crippen LogP contribution in [0.15, 0.2) is 12.7 Å². The van der Waals surface area contributed by atoms with Crippen molar-refractivity contribution >= 4 is 70.9 Å². The summed E-state index contributed by atoms with van der Waals surface area (Å²) >= 11 is 17.5. The Labute approximate surface area is 299 Å². The number of ether oxygens (including phenoxy) is 1. The topological polar surface area (TPSA) is 137 Å². The van der Waals surface area contributed by atoms with Gasteiger partial charge < -0.3 is 24.7 Å². The molecule has 1 aliphatic rings. The molecule has 1 heterocycles. The van der Waals surface area contributed by atoms with Gasteiger partial charge in [0.05, 0.1) is 6.04 Å². The van der Waals surface area contributed by atoms with Crippen LogP contribution >= 0.6 is 46.8 Å². The van der Waals surface area contributed by atoms with Crippen LogP contribution in [-0.2, 0) is 23.9 Å². The Morgan fingerprint density at radius 3 is 2.02 bits per heavy atom. The van der Waals surface area contributed by atoms with Gasteiger partial charge in [-0.2, -0.15) is 0 Å². The van der Waals surface area contributed by atoms with Gasteiger partial charge in [-0.3, -0.25) is 19.4 Å². The van der Waals surface area contributed by atoms with Crippen LogP contribution in [0.2, 0.25) is 0 Å². The van der Waals surface area contributed by atoms with E-state index in [9.17, 15) is 19.2 Å². The predicted octanol–water partition coefficient (Wildman–Crippen LogP) is 7.22. The minimum Gasteiger partial charge on any atom is -0.460 e. The van der Waals surface area contributed by atoms with Crippen LogP contribution in [0.25, 0.3) is 0 Å². The lowest BCUT2D eigenvalue weighted by Gasteiger charge is -2.34. The SMILES string of the molecule is C=CCCCC(C)C=O.CC.CC(C)(C)C.CNC(C(=O)NC(C)C(=O)N1CCCC(C(=O)OCC(Cl)(Cl)Cl)N1)C(C)C.CSO. The van der Waals surface area contributed by atoms with Gasteiger partial charge in [-0.25, -0.2) is 5.43 Å². The average Bonchev–Trinajstić information content (AvgIpc) is 2.96. The molecule has 46 heavy (non-hydrogen) atoms. The summed E-state index contributed by atoms with van der Waals surface area (Å²) in [6, 6.07) is -1.88. The molecule has 2 amide bonds. The first kappa shape index (κ1) is 51.7. The molecule has 10 nitrogen and oxygen atoms in total. The van der Waals surface area contributed by atoms with Crippen molar-refractivity contribution < 1.29 is 28.5 Å². The quantitative estimate of drug-likeness (QED) is 0.0409. The number of nitrogens with zero attached hydrogens (tertiary/aromatic N) is 1. The van der Waals surface area contributed by atoms with Gasteiger partial charge >= 0.3 is 5.97 Å². The van der Waals surface area contributed by atoms with E-state index >= 15 is 0 Å². The average molecular weight is 738 g/mol. The second kappa shape index (κ2) is 30.0. The summed E-state index contributed by atoms with van der Waals surface area (Å²) < 4.78 is 10.7. The van der Waals surface area contributed by atoms with Gasteiger partial charge in [0.1, 0.15) is 25.0 Å². The van der Waals surface area contributed by atoms with Crippen LogP contribution < -0.4 is 16.1 Å². The highest BCUT2D eigenvalue weighted by atomic mass is 35.6. The van der Waals surface area contributed by atoms with E-state index in [1.165, 1.54) is 5.01 Å². The van der Waals surface area contributed by atoms with Gasteiger partial charge in [-0.05, 0) is 69.5 Å². The highest BCUT2D eigenvalue weighted by Crippen LogP contribution is 2.26. The van der Waals surface area contributed by atoms with Gasteiger partial charge in [-0.1, -0.05) is 103 Å². The second-order valence-corrected chi connectivity index (χ2v) is 15.2. The van der Waals surface area contributed by atoms with Crippen LogP contribution in [0, 0.1) is 17.3 Å². The van der Waals surface area contributed by atoms with E-state index in [1.807, 2.05) is 40.7 Å². The maximum Gasteiger partial charge on any atom is 0.325 e. The lowest BCUT2D eigenvalue weighted by molar-refractivity contribution is -0.152. The molecule has 14 heteroatoms. The maximum absolute atomic E-state index is 12.6. The number of hydrogen-bond donors (Lipinski definition) is 4. The first-order valence-electron chi connectivity index (χ1n) is 15.7. The molecule has 4 N–H and O–H groups in total. The van der Waals surface area contributed by atoms with Crippen molar-refractivity contribution in [2.45, 2.75) is 123 Å². The number of halogens is 3. The number of carbonyl (C=O) groups is 4. The Hall–Kier alpha value is -1.08. The minimum absolute atomic E-state index is 0.0717. The molecule has 274 valence electrons. The molecular formula is C32H63Cl3N4O6S. The monoisotopic (exact) mass is 736 g/mol. The summed E-state index contributed by atoms with van der Waals surface area (Å²) in [6.07, 6.45) is 8.67. The van der Waals surface area contributed by atoms with Gasteiger partial charge in [0.2, 0.25) is 9.70 Å². The molecule has 0 radical (unpaired) electrons. The van der Waals surface area contributed by atoms with Gasteiger partial charge in [0.15, 0.2) is 0 Å². The molecule has 1 rings (SSSR count). The smallest absolute Gasteiger partial charge is 0.325 e. The van der Waals surface area contributed by atoms with Crippen molar-refractivity contribution in [3.8, 4) is 0 Å². The largest absolute Gasteiger partial charge is 0.460 e. The number of esters is 1. The molecule has 0 bridgehead atoms. The molecular weight excluding hydrogens is 675 g/mol. The summed E-state index contributed by atoms with van der Waals surface area (Å²) in [5, 5.41) is 6.94. The fourth-order valence-electron chi connectivity index (χ4n) is 3.39. The number of likely N-dealkylation sites (N-methyl/N-ethyl adjacent to an activating group) is 1. The van der Waals surface area contributed by atoms with Crippen molar-refractivity contribution in [1.82, 2.24) is 21.1 Å². The predicted molar refractivity (Wildman–Crippen MR) is 196 cm³/mol. The third-order valence-electron chi connectivity index (χ3n) is 5.40. The van der Waals surface area contributed by atoms with Crippen molar-refractivity contribution in [2.75, 3.05) is 26.5 Å². The molecule has 1 saturated heterocycles. The van der Waals surface area contributed by atoms with E-state index in [2.05, 4.69) is 50.3 Å². The fraction of sp³-hybridized carbons (Fsp3) is 0.812. The van der Waals surface area contributed by atoms with Gasteiger partial charge in [0, 0.05) is 18.7 Å². The first-order valence-corrected chi connectivity index (χ1v) is 18.0. The molecule has 1 aliphatic heterocycles. The molecule has 1 fully saturated rings. The van der Waals surface area contributed by atoms with Gasteiger partial charge in [-0.15, -0.1) is 6.58 Å². The number of hydrazine groups is 1. The summed E-state index contributed by atoms with van der Waals surface area (Å²) in [4.78, 5) is 47.1. The zero-order chi connectivity index (χ0) is 37.1. The molecule has 4 atom stereocenters. The van der Waals surface area contributed by atoms with Crippen molar-refractivity contribution in [3.05, 3.63) is 12.7 Å². The maximum atomic E-state index is 12.6. The van der Waals surface area contributed by atoms with E-state index in [0.717, 1.165) is 37.6 Å². The van der Waals surface area contributed by atoms with E-state index in [-0.39, 0.29) is 30.3 Å². The Bertz CT molecular complexity index is 821. The van der Waals surface area contributed by atoms with E-state index < -0.39 is 27.9 Å². The van der Waals surface area contributed by atoms with E-state index in [4.69, 9.17) is 44.1 Å². The van der Waals surface area contributed by atoms with Crippen LogP contribution in [0.4, 0.5) is 0 Å². The summed E-state index contributed by atoms with van der Waals surface area (Å²) in [5.74, 6) is -0.914. The standard InChI is InChI=1S/C16H27Cl3N4O4.C8H14O.C5H12.C2H6.CH4OS/c1-9(2)12(20-4)13(24)21-10(3)14(25)23-7-5-6-11(22-23)15(26)27-8-16(17,18)19;1-3-4-5-6-8(2)7-9;1-5(2,3)4;1-2;1-3-2/h9-12,20,22H,5-8H2,1-4H3,(H,21,24);3,7-8H,1,4-6H2,2H3;1-4H3;1-2H3;2H,1H3. The van der Waals surface area contributed by atoms with Gasteiger partial charge in [0.25, 0.3) is 5.91 Å². The number of allylic oxidation sites excluding steroid dienone is 1. The highest BCUT2D eigenvalue weighted by Gasteiger charge is 2.33. The van der Waals surface area contributed by atoms with Crippen LogP contribution in [0.1, 0.15) is 101 Å². The number of aldehydes is 1. The molecule has 0 spiro atoms. The molecule has 0 aliphatic carbocycles. The lowest BCUT2D eigenvalue weighted by atomic mass is 10.0. The first-order chi connectivity index (χ1) is 21.2. The number of unbranched alkanes of at least 4 members (excludes halogenated alkanes) is 1. The number of alkyl halides is 3. The summed E-state index contributed by atoms with van der Waals surface area (Å²) in [5.41, 5.74) is 3.32. The fourth-order valence-corrected chi connectivity index (χ4v) is 3.55. The zero-order valence-corrected chi connectivity index (χ0v) is 33.3. The van der Waals surface area contributed by atoms with Crippen molar-refractivity contribution in [1.29, 1.82) is 0 Å². The molecule has 0 aromatic carbocycles.